The third-order valence-electron chi connectivity index (χ3n) is 2.11. The molecule has 6 heteroatoms. The average molecular weight is 318 g/mol. The Labute approximate surface area is 111 Å². The lowest BCUT2D eigenvalue weighted by Gasteiger charge is -2.14. The topological polar surface area (TPSA) is 42.2 Å². The molecular formula is C10H12BrN3S2. The van der Waals surface area contributed by atoms with Crippen molar-refractivity contribution in [2.24, 2.45) is 5.73 Å². The molecule has 0 spiro atoms. The lowest BCUT2D eigenvalue weighted by Crippen LogP contribution is -2.15. The molecule has 2 aromatic rings. The summed E-state index contributed by atoms with van der Waals surface area (Å²) >= 11 is 6.82. The number of aromatic nitrogens is 1. The van der Waals surface area contributed by atoms with E-state index in [1.807, 2.05) is 13.2 Å². The van der Waals surface area contributed by atoms with Crippen molar-refractivity contribution < 1.29 is 0 Å². The van der Waals surface area contributed by atoms with E-state index in [0.29, 0.717) is 6.54 Å². The molecule has 2 aromatic heterocycles. The van der Waals surface area contributed by atoms with Gasteiger partial charge in [0.2, 0.25) is 0 Å². The van der Waals surface area contributed by atoms with Gasteiger partial charge in [0.25, 0.3) is 0 Å². The fourth-order valence-electron chi connectivity index (χ4n) is 1.34. The zero-order valence-corrected chi connectivity index (χ0v) is 12.0. The molecule has 0 aliphatic heterocycles. The molecule has 0 aliphatic carbocycles. The zero-order valence-electron chi connectivity index (χ0n) is 8.81. The Balaban J connectivity index is 2.05. The van der Waals surface area contributed by atoms with Gasteiger partial charge in [0.15, 0.2) is 5.13 Å². The van der Waals surface area contributed by atoms with Gasteiger partial charge in [0.05, 0.1) is 3.79 Å². The van der Waals surface area contributed by atoms with Crippen LogP contribution in [0.2, 0.25) is 0 Å². The van der Waals surface area contributed by atoms with Gasteiger partial charge in [-0.3, -0.25) is 0 Å². The Morgan fingerprint density at radius 1 is 1.56 bits per heavy atom. The van der Waals surface area contributed by atoms with Crippen LogP contribution in [0.5, 0.6) is 0 Å². The molecule has 3 nitrogen and oxygen atoms in total. The van der Waals surface area contributed by atoms with E-state index >= 15 is 0 Å². The smallest absolute Gasteiger partial charge is 0.185 e. The van der Waals surface area contributed by atoms with Crippen molar-refractivity contribution in [3.63, 3.8) is 0 Å². The summed E-state index contributed by atoms with van der Waals surface area (Å²) in [6, 6.07) is 2.14. The van der Waals surface area contributed by atoms with E-state index in [-0.39, 0.29) is 0 Å². The van der Waals surface area contributed by atoms with E-state index in [4.69, 9.17) is 5.73 Å². The van der Waals surface area contributed by atoms with E-state index in [1.165, 1.54) is 5.56 Å². The van der Waals surface area contributed by atoms with Crippen LogP contribution in [-0.4, -0.2) is 12.0 Å². The first-order valence-electron chi connectivity index (χ1n) is 4.78. The van der Waals surface area contributed by atoms with Crippen molar-refractivity contribution in [3.8, 4) is 0 Å². The molecule has 0 atom stereocenters. The lowest BCUT2D eigenvalue weighted by molar-refractivity contribution is 0.918. The zero-order chi connectivity index (χ0) is 11.5. The van der Waals surface area contributed by atoms with E-state index in [2.05, 4.69) is 37.3 Å². The highest BCUT2D eigenvalue weighted by molar-refractivity contribution is 9.11. The summed E-state index contributed by atoms with van der Waals surface area (Å²) in [6.45, 7) is 1.44. The normalized spacial score (nSPS) is 10.7. The molecule has 0 aliphatic rings. The van der Waals surface area contributed by atoms with E-state index in [9.17, 15) is 0 Å². The molecule has 0 radical (unpaired) electrons. The van der Waals surface area contributed by atoms with Crippen LogP contribution in [0.1, 0.15) is 10.4 Å². The summed E-state index contributed by atoms with van der Waals surface area (Å²) in [7, 11) is 2.05. The van der Waals surface area contributed by atoms with Crippen LogP contribution >= 0.6 is 38.6 Å². The molecule has 86 valence electrons. The Morgan fingerprint density at radius 2 is 2.38 bits per heavy atom. The summed E-state index contributed by atoms with van der Waals surface area (Å²) in [4.78, 5) is 7.60. The van der Waals surface area contributed by atoms with Crippen LogP contribution in [0.25, 0.3) is 0 Å². The standard InChI is InChI=1S/C10H12BrN3S2/c1-14(5-7-2-9(11)15-6-7)10-13-4-8(3-12)16-10/h2,4,6H,3,5,12H2,1H3. The maximum absolute atomic E-state index is 5.57. The molecule has 0 fully saturated rings. The number of hydrogen-bond donors (Lipinski definition) is 1. The first kappa shape index (κ1) is 12.0. The highest BCUT2D eigenvalue weighted by atomic mass is 79.9. The fourth-order valence-corrected chi connectivity index (χ4v) is 3.29. The molecule has 0 unspecified atom stereocenters. The van der Waals surface area contributed by atoms with Crippen molar-refractivity contribution in [1.82, 2.24) is 4.98 Å². The third kappa shape index (κ3) is 2.82. The van der Waals surface area contributed by atoms with Gasteiger partial charge in [-0.2, -0.15) is 0 Å². The van der Waals surface area contributed by atoms with Crippen molar-refractivity contribution >= 4 is 43.7 Å². The Morgan fingerprint density at radius 3 is 2.94 bits per heavy atom. The van der Waals surface area contributed by atoms with Crippen molar-refractivity contribution in [2.75, 3.05) is 11.9 Å². The van der Waals surface area contributed by atoms with E-state index < -0.39 is 0 Å². The number of rotatable bonds is 4. The summed E-state index contributed by atoms with van der Waals surface area (Å²) in [5, 5.41) is 3.17. The van der Waals surface area contributed by atoms with E-state index in [0.717, 1.165) is 20.3 Å². The minimum atomic E-state index is 0.565. The number of nitrogens with two attached hydrogens (primary N) is 1. The average Bonchev–Trinajstić information content (AvgIpc) is 2.87. The van der Waals surface area contributed by atoms with Gasteiger partial charge in [-0.05, 0) is 32.9 Å². The van der Waals surface area contributed by atoms with Crippen molar-refractivity contribution in [3.05, 3.63) is 31.9 Å². The van der Waals surface area contributed by atoms with Gasteiger partial charge in [-0.25, -0.2) is 4.98 Å². The Hall–Kier alpha value is -0.430. The van der Waals surface area contributed by atoms with Gasteiger partial charge < -0.3 is 10.6 Å². The fraction of sp³-hybridized carbons (Fsp3) is 0.300. The number of halogens is 1. The van der Waals surface area contributed by atoms with Crippen LogP contribution in [0.15, 0.2) is 21.4 Å². The molecular weight excluding hydrogens is 306 g/mol. The van der Waals surface area contributed by atoms with Gasteiger partial charge in [0.1, 0.15) is 0 Å². The number of nitrogens with zero attached hydrogens (tertiary/aromatic N) is 2. The lowest BCUT2D eigenvalue weighted by atomic mass is 10.3. The largest absolute Gasteiger partial charge is 0.347 e. The summed E-state index contributed by atoms with van der Waals surface area (Å²) in [6.07, 6.45) is 1.85. The maximum Gasteiger partial charge on any atom is 0.185 e. The monoisotopic (exact) mass is 317 g/mol. The maximum atomic E-state index is 5.57. The summed E-state index contributed by atoms with van der Waals surface area (Å²) < 4.78 is 1.16. The van der Waals surface area contributed by atoms with Crippen molar-refractivity contribution in [2.45, 2.75) is 13.1 Å². The molecule has 0 saturated carbocycles. The molecule has 2 N–H and O–H groups in total. The van der Waals surface area contributed by atoms with E-state index in [1.54, 1.807) is 22.7 Å². The predicted molar refractivity (Wildman–Crippen MR) is 74.1 cm³/mol. The minimum absolute atomic E-state index is 0.565. The molecule has 0 saturated heterocycles. The number of thiazole rings is 1. The molecule has 0 aromatic carbocycles. The highest BCUT2D eigenvalue weighted by Gasteiger charge is 2.07. The van der Waals surface area contributed by atoms with Crippen molar-refractivity contribution in [1.29, 1.82) is 0 Å². The van der Waals surface area contributed by atoms with Gasteiger partial charge in [-0.1, -0.05) is 0 Å². The second kappa shape index (κ2) is 5.27. The van der Waals surface area contributed by atoms with Crippen LogP contribution in [0.4, 0.5) is 5.13 Å². The van der Waals surface area contributed by atoms with Crippen LogP contribution in [0, 0.1) is 0 Å². The second-order valence-electron chi connectivity index (χ2n) is 3.43. The van der Waals surface area contributed by atoms with Crippen LogP contribution in [-0.2, 0) is 13.1 Å². The first-order valence-corrected chi connectivity index (χ1v) is 7.27. The molecule has 0 amide bonds. The molecule has 2 heterocycles. The highest BCUT2D eigenvalue weighted by Crippen LogP contribution is 2.25. The molecule has 2 rings (SSSR count). The van der Waals surface area contributed by atoms with Gasteiger partial charge in [0, 0.05) is 31.2 Å². The molecule has 0 bridgehead atoms. The number of anilines is 1. The van der Waals surface area contributed by atoms with Gasteiger partial charge >= 0.3 is 0 Å². The molecule has 16 heavy (non-hydrogen) atoms. The van der Waals surface area contributed by atoms with Crippen LogP contribution in [0.3, 0.4) is 0 Å². The first-order chi connectivity index (χ1) is 7.69. The second-order valence-corrected chi connectivity index (χ2v) is 6.81. The third-order valence-corrected chi connectivity index (χ3v) is 4.80. The quantitative estimate of drug-likeness (QED) is 0.942. The Bertz CT molecular complexity index is 466. The summed E-state index contributed by atoms with van der Waals surface area (Å²) in [5.74, 6) is 0. The minimum Gasteiger partial charge on any atom is -0.347 e. The Kier molecular flexibility index (Phi) is 3.96. The number of thiophene rings is 1. The SMILES string of the molecule is CN(Cc1csc(Br)c1)c1ncc(CN)s1. The number of hydrogen-bond acceptors (Lipinski definition) is 5. The predicted octanol–water partition coefficient (Wildman–Crippen LogP) is 3.06. The van der Waals surface area contributed by atoms with Gasteiger partial charge in [-0.15, -0.1) is 22.7 Å². The summed E-state index contributed by atoms with van der Waals surface area (Å²) in [5.41, 5.74) is 6.86. The van der Waals surface area contributed by atoms with Crippen LogP contribution < -0.4 is 10.6 Å².